The van der Waals surface area contributed by atoms with Gasteiger partial charge in [-0.1, -0.05) is 24.6 Å². The lowest BCUT2D eigenvalue weighted by atomic mass is 10.2. The van der Waals surface area contributed by atoms with Gasteiger partial charge in [0.25, 0.3) is 0 Å². The molecule has 0 saturated carbocycles. The molecular weight excluding hydrogens is 292 g/mol. The fourth-order valence-corrected chi connectivity index (χ4v) is 2.03. The van der Waals surface area contributed by atoms with Crippen LogP contribution in [-0.4, -0.2) is 28.9 Å². The normalized spacial score (nSPS) is 11.8. The second-order valence-corrected chi connectivity index (χ2v) is 5.59. The van der Waals surface area contributed by atoms with Gasteiger partial charge < -0.3 is 15.4 Å². The van der Waals surface area contributed by atoms with E-state index in [4.69, 9.17) is 4.74 Å². The SMILES string of the molecule is CCc1cc(CNC(=O)N[C@@H](C)COc2ccc(C)cc2)[nH]n1. The van der Waals surface area contributed by atoms with Crippen LogP contribution in [0.2, 0.25) is 0 Å². The van der Waals surface area contributed by atoms with E-state index in [1.54, 1.807) is 0 Å². The Morgan fingerprint density at radius 3 is 2.74 bits per heavy atom. The maximum absolute atomic E-state index is 11.8. The van der Waals surface area contributed by atoms with Gasteiger partial charge in [-0.15, -0.1) is 0 Å². The lowest BCUT2D eigenvalue weighted by Crippen LogP contribution is -2.43. The average molecular weight is 316 g/mol. The summed E-state index contributed by atoms with van der Waals surface area (Å²) in [6, 6.07) is 9.47. The molecule has 1 aromatic heterocycles. The van der Waals surface area contributed by atoms with Crippen LogP contribution in [-0.2, 0) is 13.0 Å². The summed E-state index contributed by atoms with van der Waals surface area (Å²) in [4.78, 5) is 11.8. The van der Waals surface area contributed by atoms with Gasteiger partial charge in [0.05, 0.1) is 24.0 Å². The number of ether oxygens (including phenoxy) is 1. The summed E-state index contributed by atoms with van der Waals surface area (Å²) in [6.45, 7) is 6.81. The van der Waals surface area contributed by atoms with Gasteiger partial charge in [-0.3, -0.25) is 5.10 Å². The van der Waals surface area contributed by atoms with Crippen molar-refractivity contribution in [1.29, 1.82) is 0 Å². The number of nitrogens with one attached hydrogen (secondary N) is 3. The lowest BCUT2D eigenvalue weighted by molar-refractivity contribution is 0.226. The van der Waals surface area contributed by atoms with Gasteiger partial charge in [-0.05, 0) is 38.5 Å². The van der Waals surface area contributed by atoms with E-state index in [1.165, 1.54) is 5.56 Å². The molecule has 0 aliphatic carbocycles. The summed E-state index contributed by atoms with van der Waals surface area (Å²) >= 11 is 0. The molecular formula is C17H24N4O2. The molecule has 6 heteroatoms. The summed E-state index contributed by atoms with van der Waals surface area (Å²) in [5, 5.41) is 12.7. The maximum Gasteiger partial charge on any atom is 0.315 e. The number of benzene rings is 1. The van der Waals surface area contributed by atoms with Gasteiger partial charge in [0.2, 0.25) is 0 Å². The minimum absolute atomic E-state index is 0.0933. The molecule has 124 valence electrons. The van der Waals surface area contributed by atoms with Gasteiger partial charge in [-0.2, -0.15) is 5.10 Å². The number of nitrogens with zero attached hydrogens (tertiary/aromatic N) is 1. The second kappa shape index (κ2) is 8.22. The molecule has 2 aromatic rings. The molecule has 1 aromatic carbocycles. The van der Waals surface area contributed by atoms with Gasteiger partial charge in [0.1, 0.15) is 12.4 Å². The number of carbonyl (C=O) groups excluding carboxylic acids is 1. The Bertz CT molecular complexity index is 622. The standard InChI is InChI=1S/C17H24N4O2/c1-4-14-9-15(21-20-14)10-18-17(22)19-13(3)11-23-16-7-5-12(2)6-8-16/h5-9,13H,4,10-11H2,1-3H3,(H,20,21)(H2,18,19,22)/t13-/m0/s1. The number of hydrogen-bond donors (Lipinski definition) is 3. The zero-order valence-corrected chi connectivity index (χ0v) is 13.8. The Kier molecular flexibility index (Phi) is 6.02. The summed E-state index contributed by atoms with van der Waals surface area (Å²) in [6.07, 6.45) is 0.871. The van der Waals surface area contributed by atoms with Crippen LogP contribution in [0, 0.1) is 6.92 Å². The number of aryl methyl sites for hydroxylation is 2. The fourth-order valence-electron chi connectivity index (χ4n) is 2.03. The second-order valence-electron chi connectivity index (χ2n) is 5.59. The van der Waals surface area contributed by atoms with Crippen LogP contribution in [0.1, 0.15) is 30.8 Å². The Balaban J connectivity index is 1.68. The van der Waals surface area contributed by atoms with Crippen molar-refractivity contribution in [3.05, 3.63) is 47.3 Å². The molecule has 0 radical (unpaired) electrons. The number of hydrogen-bond acceptors (Lipinski definition) is 3. The first kappa shape index (κ1) is 16.9. The molecule has 3 N–H and O–H groups in total. The van der Waals surface area contributed by atoms with Gasteiger partial charge in [-0.25, -0.2) is 4.79 Å². The van der Waals surface area contributed by atoms with Crippen LogP contribution in [0.3, 0.4) is 0 Å². The van der Waals surface area contributed by atoms with E-state index in [1.807, 2.05) is 51.1 Å². The summed E-state index contributed by atoms with van der Waals surface area (Å²) in [5.74, 6) is 0.800. The minimum atomic E-state index is -0.224. The first-order valence-electron chi connectivity index (χ1n) is 7.83. The number of rotatable bonds is 7. The Morgan fingerprint density at radius 2 is 2.09 bits per heavy atom. The minimum Gasteiger partial charge on any atom is -0.491 e. The summed E-state index contributed by atoms with van der Waals surface area (Å²) in [5.41, 5.74) is 3.07. The van der Waals surface area contributed by atoms with Gasteiger partial charge >= 0.3 is 6.03 Å². The highest BCUT2D eigenvalue weighted by Gasteiger charge is 2.08. The van der Waals surface area contributed by atoms with E-state index in [0.29, 0.717) is 13.2 Å². The third-order valence-corrected chi connectivity index (χ3v) is 3.38. The average Bonchev–Trinajstić information content (AvgIpc) is 3.00. The topological polar surface area (TPSA) is 79.0 Å². The van der Waals surface area contributed by atoms with Crippen molar-refractivity contribution >= 4 is 6.03 Å². The maximum atomic E-state index is 11.8. The number of H-pyrrole nitrogens is 1. The highest BCUT2D eigenvalue weighted by atomic mass is 16.5. The highest BCUT2D eigenvalue weighted by molar-refractivity contribution is 5.74. The van der Waals surface area contributed by atoms with Crippen LogP contribution in [0.5, 0.6) is 5.75 Å². The van der Waals surface area contributed by atoms with Crippen molar-refractivity contribution in [2.45, 2.75) is 39.8 Å². The van der Waals surface area contributed by atoms with E-state index in [2.05, 4.69) is 20.8 Å². The highest BCUT2D eigenvalue weighted by Crippen LogP contribution is 2.11. The largest absolute Gasteiger partial charge is 0.491 e. The zero-order valence-electron chi connectivity index (χ0n) is 13.8. The van der Waals surface area contributed by atoms with Crippen LogP contribution < -0.4 is 15.4 Å². The molecule has 0 bridgehead atoms. The van der Waals surface area contributed by atoms with Gasteiger partial charge in [0.15, 0.2) is 0 Å². The predicted octanol–water partition coefficient (Wildman–Crippen LogP) is 2.55. The number of aromatic amines is 1. The number of aromatic nitrogens is 2. The predicted molar refractivity (Wildman–Crippen MR) is 89.5 cm³/mol. The fraction of sp³-hybridized carbons (Fsp3) is 0.412. The van der Waals surface area contributed by atoms with Crippen molar-refractivity contribution in [2.75, 3.05) is 6.61 Å². The summed E-state index contributed by atoms with van der Waals surface area (Å²) < 4.78 is 5.65. The van der Waals surface area contributed by atoms with Crippen LogP contribution in [0.25, 0.3) is 0 Å². The van der Waals surface area contributed by atoms with E-state index >= 15 is 0 Å². The van der Waals surface area contributed by atoms with E-state index in [-0.39, 0.29) is 12.1 Å². The van der Waals surface area contributed by atoms with Crippen molar-refractivity contribution in [1.82, 2.24) is 20.8 Å². The van der Waals surface area contributed by atoms with Crippen molar-refractivity contribution in [2.24, 2.45) is 0 Å². The third kappa shape index (κ3) is 5.65. The molecule has 1 heterocycles. The molecule has 0 unspecified atom stereocenters. The lowest BCUT2D eigenvalue weighted by Gasteiger charge is -2.15. The van der Waals surface area contributed by atoms with E-state index < -0.39 is 0 Å². The van der Waals surface area contributed by atoms with Crippen molar-refractivity contribution in [3.63, 3.8) is 0 Å². The smallest absolute Gasteiger partial charge is 0.315 e. The monoisotopic (exact) mass is 316 g/mol. The Hall–Kier alpha value is -2.50. The number of amides is 2. The zero-order chi connectivity index (χ0) is 16.7. The molecule has 0 saturated heterocycles. The molecule has 2 rings (SSSR count). The quantitative estimate of drug-likeness (QED) is 0.734. The molecule has 23 heavy (non-hydrogen) atoms. The van der Waals surface area contributed by atoms with Crippen molar-refractivity contribution < 1.29 is 9.53 Å². The molecule has 0 aliphatic rings. The first-order valence-corrected chi connectivity index (χ1v) is 7.83. The van der Waals surface area contributed by atoms with Crippen LogP contribution in [0.15, 0.2) is 30.3 Å². The molecule has 0 fully saturated rings. The summed E-state index contributed by atoms with van der Waals surface area (Å²) in [7, 11) is 0. The van der Waals surface area contributed by atoms with E-state index in [9.17, 15) is 4.79 Å². The number of carbonyl (C=O) groups is 1. The van der Waals surface area contributed by atoms with Crippen LogP contribution in [0.4, 0.5) is 4.79 Å². The Morgan fingerprint density at radius 1 is 1.35 bits per heavy atom. The Labute approximate surface area is 136 Å². The molecule has 1 atom stereocenters. The number of urea groups is 1. The molecule has 0 aliphatic heterocycles. The first-order chi connectivity index (χ1) is 11.1. The third-order valence-electron chi connectivity index (χ3n) is 3.38. The van der Waals surface area contributed by atoms with Crippen LogP contribution >= 0.6 is 0 Å². The van der Waals surface area contributed by atoms with Crippen molar-refractivity contribution in [3.8, 4) is 5.75 Å². The molecule has 6 nitrogen and oxygen atoms in total. The van der Waals surface area contributed by atoms with E-state index in [0.717, 1.165) is 23.6 Å². The molecule has 0 spiro atoms. The molecule has 2 amide bonds. The van der Waals surface area contributed by atoms with Gasteiger partial charge in [0, 0.05) is 0 Å².